The molecule has 0 bridgehead atoms. The molecule has 0 radical (unpaired) electrons. The topological polar surface area (TPSA) is 104 Å². The molecule has 8 nitrogen and oxygen atoms in total. The van der Waals surface area contributed by atoms with Crippen molar-refractivity contribution >= 4 is 11.6 Å². The molecule has 1 amide bonds. The Morgan fingerprint density at radius 1 is 1.43 bits per heavy atom. The van der Waals surface area contributed by atoms with Gasteiger partial charge in [-0.25, -0.2) is 0 Å². The van der Waals surface area contributed by atoms with E-state index in [0.29, 0.717) is 24.1 Å². The maximum absolute atomic E-state index is 12.2. The Morgan fingerprint density at radius 2 is 2.33 bits per heavy atom. The van der Waals surface area contributed by atoms with Crippen molar-refractivity contribution in [1.29, 1.82) is 0 Å². The summed E-state index contributed by atoms with van der Waals surface area (Å²) in [4.78, 5) is 12.2. The van der Waals surface area contributed by atoms with Crippen LogP contribution in [0.25, 0.3) is 5.65 Å². The monoisotopic (exact) mass is 290 g/mol. The van der Waals surface area contributed by atoms with Gasteiger partial charge in [-0.1, -0.05) is 0 Å². The number of nitrogens with one attached hydrogen (secondary N) is 2. The van der Waals surface area contributed by atoms with Gasteiger partial charge >= 0.3 is 0 Å². The summed E-state index contributed by atoms with van der Waals surface area (Å²) in [5.74, 6) is -0.238. The van der Waals surface area contributed by atoms with Crippen LogP contribution < -0.4 is 10.6 Å². The summed E-state index contributed by atoms with van der Waals surface area (Å²) in [7, 11) is 0. The lowest BCUT2D eigenvalue weighted by atomic mass is 9.95. The van der Waals surface area contributed by atoms with Crippen molar-refractivity contribution in [2.45, 2.75) is 24.9 Å². The van der Waals surface area contributed by atoms with Crippen LogP contribution in [0, 0.1) is 0 Å². The van der Waals surface area contributed by atoms with Gasteiger partial charge in [-0.15, -0.1) is 5.10 Å². The third kappa shape index (κ3) is 3.17. The summed E-state index contributed by atoms with van der Waals surface area (Å²) in [6.07, 6.45) is 3.80. The van der Waals surface area contributed by atoms with E-state index in [1.54, 1.807) is 18.3 Å². The van der Waals surface area contributed by atoms with E-state index in [0.717, 1.165) is 19.5 Å². The van der Waals surface area contributed by atoms with E-state index < -0.39 is 5.60 Å². The van der Waals surface area contributed by atoms with Crippen molar-refractivity contribution in [2.75, 3.05) is 19.6 Å². The summed E-state index contributed by atoms with van der Waals surface area (Å²) in [6, 6.07) is 3.35. The number of pyridine rings is 1. The number of tetrazole rings is 1. The van der Waals surface area contributed by atoms with E-state index in [1.165, 1.54) is 4.52 Å². The molecule has 21 heavy (non-hydrogen) atoms. The second kappa shape index (κ2) is 5.74. The predicted octanol–water partition coefficient (Wildman–Crippen LogP) is -0.641. The minimum Gasteiger partial charge on any atom is -0.388 e. The fourth-order valence-electron chi connectivity index (χ4n) is 2.51. The predicted molar refractivity (Wildman–Crippen MR) is 74.8 cm³/mol. The smallest absolute Gasteiger partial charge is 0.252 e. The molecule has 0 saturated carbocycles. The molecule has 0 aromatic carbocycles. The molecule has 1 saturated heterocycles. The van der Waals surface area contributed by atoms with Gasteiger partial charge in [-0.3, -0.25) is 4.79 Å². The first-order chi connectivity index (χ1) is 10.2. The average molecular weight is 290 g/mol. The number of amides is 1. The van der Waals surface area contributed by atoms with Crippen LogP contribution in [0.3, 0.4) is 0 Å². The van der Waals surface area contributed by atoms with E-state index in [9.17, 15) is 9.90 Å². The number of carbonyl (C=O) groups excluding carboxylic acids is 1. The van der Waals surface area contributed by atoms with Gasteiger partial charge in [0.2, 0.25) is 0 Å². The normalized spacial score (nSPS) is 22.9. The standard InChI is InChI=1S/C13H18N6O2/c20-12(10-2-3-11-16-17-18-19(11)8-10)15-9-13(21)4-1-6-14-7-5-13/h2-3,8,14,21H,1,4-7,9H2,(H,15,20)/t13-/m0/s1. The molecule has 0 spiro atoms. The molecule has 0 unspecified atom stereocenters. The van der Waals surface area contributed by atoms with Crippen molar-refractivity contribution in [3.8, 4) is 0 Å². The van der Waals surface area contributed by atoms with Gasteiger partial charge in [-0.05, 0) is 54.9 Å². The molecule has 8 heteroatoms. The van der Waals surface area contributed by atoms with Gasteiger partial charge in [0.1, 0.15) is 0 Å². The minimum absolute atomic E-state index is 0.238. The van der Waals surface area contributed by atoms with Crippen LogP contribution in [-0.2, 0) is 0 Å². The van der Waals surface area contributed by atoms with Gasteiger partial charge in [0, 0.05) is 12.7 Å². The third-order valence-corrected chi connectivity index (χ3v) is 3.79. The summed E-state index contributed by atoms with van der Waals surface area (Å²) >= 11 is 0. The Balaban J connectivity index is 1.65. The largest absolute Gasteiger partial charge is 0.388 e. The molecule has 3 heterocycles. The quantitative estimate of drug-likeness (QED) is 0.694. The molecular formula is C13H18N6O2. The molecule has 112 valence electrons. The Kier molecular flexibility index (Phi) is 3.80. The first kappa shape index (κ1) is 13.9. The van der Waals surface area contributed by atoms with Gasteiger partial charge in [0.25, 0.3) is 5.91 Å². The highest BCUT2D eigenvalue weighted by atomic mass is 16.3. The lowest BCUT2D eigenvalue weighted by Gasteiger charge is -2.26. The van der Waals surface area contributed by atoms with E-state index in [2.05, 4.69) is 26.2 Å². The van der Waals surface area contributed by atoms with Crippen LogP contribution in [0.15, 0.2) is 18.3 Å². The number of nitrogens with zero attached hydrogens (tertiary/aromatic N) is 4. The van der Waals surface area contributed by atoms with Crippen LogP contribution in [0.2, 0.25) is 0 Å². The molecule has 0 aliphatic carbocycles. The maximum Gasteiger partial charge on any atom is 0.252 e. The zero-order valence-electron chi connectivity index (χ0n) is 11.6. The molecule has 1 aliphatic rings. The lowest BCUT2D eigenvalue weighted by molar-refractivity contribution is 0.0275. The number of hydrogen-bond acceptors (Lipinski definition) is 6. The van der Waals surface area contributed by atoms with Gasteiger partial charge < -0.3 is 15.7 Å². The molecule has 2 aromatic heterocycles. The van der Waals surface area contributed by atoms with Gasteiger partial charge in [-0.2, -0.15) is 4.52 Å². The molecule has 1 atom stereocenters. The highest BCUT2D eigenvalue weighted by Crippen LogP contribution is 2.18. The number of fused-ring (bicyclic) bond motifs is 1. The number of hydrogen-bond donors (Lipinski definition) is 3. The Labute approximate surface area is 121 Å². The highest BCUT2D eigenvalue weighted by Gasteiger charge is 2.28. The summed E-state index contributed by atoms with van der Waals surface area (Å²) < 4.78 is 1.44. The van der Waals surface area contributed by atoms with Crippen LogP contribution >= 0.6 is 0 Å². The second-order valence-electron chi connectivity index (χ2n) is 5.41. The van der Waals surface area contributed by atoms with Gasteiger partial charge in [0.05, 0.1) is 11.2 Å². The molecular weight excluding hydrogens is 272 g/mol. The third-order valence-electron chi connectivity index (χ3n) is 3.79. The summed E-state index contributed by atoms with van der Waals surface area (Å²) in [6.45, 7) is 1.93. The van der Waals surface area contributed by atoms with Crippen LogP contribution in [0.4, 0.5) is 0 Å². The molecule has 3 N–H and O–H groups in total. The molecule has 3 rings (SSSR count). The summed E-state index contributed by atoms with van der Waals surface area (Å²) in [5.41, 5.74) is 0.211. The number of aromatic nitrogens is 4. The number of aliphatic hydroxyl groups is 1. The Morgan fingerprint density at radius 3 is 3.24 bits per heavy atom. The van der Waals surface area contributed by atoms with E-state index in [-0.39, 0.29) is 12.5 Å². The maximum atomic E-state index is 12.2. The Bertz CT molecular complexity index is 632. The van der Waals surface area contributed by atoms with Gasteiger partial charge in [0.15, 0.2) is 5.65 Å². The molecule has 2 aromatic rings. The van der Waals surface area contributed by atoms with Crippen LogP contribution in [0.5, 0.6) is 0 Å². The summed E-state index contributed by atoms with van der Waals surface area (Å²) in [5, 5.41) is 27.6. The fraction of sp³-hybridized carbons (Fsp3) is 0.538. The fourth-order valence-corrected chi connectivity index (χ4v) is 2.51. The SMILES string of the molecule is O=C(NC[C@]1(O)CCCNCC1)c1ccc2nnnn2c1. The first-order valence-corrected chi connectivity index (χ1v) is 7.05. The minimum atomic E-state index is -0.835. The van der Waals surface area contributed by atoms with Crippen molar-refractivity contribution in [2.24, 2.45) is 0 Å². The van der Waals surface area contributed by atoms with Crippen LogP contribution in [0.1, 0.15) is 29.6 Å². The van der Waals surface area contributed by atoms with E-state index in [1.807, 2.05) is 0 Å². The van der Waals surface area contributed by atoms with E-state index >= 15 is 0 Å². The zero-order valence-corrected chi connectivity index (χ0v) is 11.6. The Hall–Kier alpha value is -2.06. The molecule has 1 fully saturated rings. The van der Waals surface area contributed by atoms with Crippen molar-refractivity contribution < 1.29 is 9.90 Å². The number of rotatable bonds is 3. The van der Waals surface area contributed by atoms with Crippen LogP contribution in [-0.4, -0.2) is 56.3 Å². The van der Waals surface area contributed by atoms with Crippen molar-refractivity contribution in [3.63, 3.8) is 0 Å². The second-order valence-corrected chi connectivity index (χ2v) is 5.41. The first-order valence-electron chi connectivity index (χ1n) is 7.05. The number of carbonyl (C=O) groups is 1. The zero-order chi connectivity index (χ0) is 14.7. The highest BCUT2D eigenvalue weighted by molar-refractivity contribution is 5.94. The van der Waals surface area contributed by atoms with Crippen molar-refractivity contribution in [1.82, 2.24) is 30.7 Å². The lowest BCUT2D eigenvalue weighted by Crippen LogP contribution is -2.43. The van der Waals surface area contributed by atoms with E-state index in [4.69, 9.17) is 0 Å². The average Bonchev–Trinajstić information content (AvgIpc) is 2.85. The van der Waals surface area contributed by atoms with Crippen molar-refractivity contribution in [3.05, 3.63) is 23.9 Å². The molecule has 1 aliphatic heterocycles.